The van der Waals surface area contributed by atoms with E-state index in [0.717, 1.165) is 11.1 Å². The summed E-state index contributed by atoms with van der Waals surface area (Å²) in [4.78, 5) is 0. The third-order valence-electron chi connectivity index (χ3n) is 2.03. The number of thioether (sulfide) groups is 1. The van der Waals surface area contributed by atoms with Gasteiger partial charge in [0.1, 0.15) is 5.75 Å². The van der Waals surface area contributed by atoms with Crippen molar-refractivity contribution in [3.8, 4) is 5.75 Å². The van der Waals surface area contributed by atoms with Crippen LogP contribution in [0.1, 0.15) is 11.1 Å². The summed E-state index contributed by atoms with van der Waals surface area (Å²) in [6.45, 7) is 1.92. The van der Waals surface area contributed by atoms with Gasteiger partial charge in [-0.1, -0.05) is 34.1 Å². The van der Waals surface area contributed by atoms with E-state index in [0.29, 0.717) is 11.1 Å². The van der Waals surface area contributed by atoms with E-state index in [1.165, 1.54) is 0 Å². The Morgan fingerprint density at radius 3 is 2.65 bits per heavy atom. The highest BCUT2D eigenvalue weighted by Crippen LogP contribution is 2.30. The highest BCUT2D eigenvalue weighted by Gasteiger charge is 2.27. The van der Waals surface area contributed by atoms with Crippen LogP contribution in [0, 0.1) is 6.92 Å². The number of alkyl halides is 4. The molecule has 0 aliphatic carbocycles. The van der Waals surface area contributed by atoms with Gasteiger partial charge in [0.15, 0.2) is 0 Å². The van der Waals surface area contributed by atoms with Gasteiger partial charge in [-0.25, -0.2) is 0 Å². The molecule has 1 aromatic carbocycles. The Kier molecular flexibility index (Phi) is 5.66. The number of aryl methyl sites for hydroxylation is 1. The van der Waals surface area contributed by atoms with Gasteiger partial charge in [-0.2, -0.15) is 13.2 Å². The summed E-state index contributed by atoms with van der Waals surface area (Å²) >= 11 is 3.25. The lowest BCUT2D eigenvalue weighted by atomic mass is 10.1. The van der Waals surface area contributed by atoms with Gasteiger partial charge in [-0.3, -0.25) is 0 Å². The highest BCUT2D eigenvalue weighted by atomic mass is 79.9. The van der Waals surface area contributed by atoms with Crippen LogP contribution in [0.5, 0.6) is 5.75 Å². The molecule has 0 fully saturated rings. The summed E-state index contributed by atoms with van der Waals surface area (Å²) in [7, 11) is 0. The van der Waals surface area contributed by atoms with Crippen molar-refractivity contribution < 1.29 is 17.9 Å². The van der Waals surface area contributed by atoms with Crippen LogP contribution in [0.15, 0.2) is 18.2 Å². The minimum Gasteiger partial charge on any atom is -0.492 e. The first-order valence-corrected chi connectivity index (χ1v) is 7.02. The Bertz CT molecular complexity index is 368. The average molecular weight is 329 g/mol. The topological polar surface area (TPSA) is 9.23 Å². The second-order valence-corrected chi connectivity index (χ2v) is 5.06. The maximum atomic E-state index is 11.9. The maximum absolute atomic E-state index is 11.9. The molecule has 0 saturated heterocycles. The lowest BCUT2D eigenvalue weighted by molar-refractivity contribution is -0.0329. The van der Waals surface area contributed by atoms with Crippen LogP contribution in [-0.4, -0.2) is 17.9 Å². The molecule has 0 aliphatic rings. The first kappa shape index (κ1) is 14.7. The molecule has 0 aliphatic heterocycles. The highest BCUT2D eigenvalue weighted by molar-refractivity contribution is 9.08. The summed E-state index contributed by atoms with van der Waals surface area (Å²) in [5, 5.41) is 0.621. The van der Waals surface area contributed by atoms with E-state index in [-0.39, 0.29) is 24.1 Å². The molecule has 0 spiro atoms. The lowest BCUT2D eigenvalue weighted by Crippen LogP contribution is -2.08. The fourth-order valence-corrected chi connectivity index (χ4v) is 2.17. The summed E-state index contributed by atoms with van der Waals surface area (Å²) in [6, 6.07) is 5.65. The Labute approximate surface area is 111 Å². The van der Waals surface area contributed by atoms with E-state index in [1.54, 1.807) is 0 Å². The van der Waals surface area contributed by atoms with Crippen LogP contribution in [-0.2, 0) is 5.33 Å². The largest absolute Gasteiger partial charge is 0.492 e. The Morgan fingerprint density at radius 1 is 1.35 bits per heavy atom. The fourth-order valence-electron chi connectivity index (χ4n) is 1.33. The third-order valence-corrected chi connectivity index (χ3v) is 3.34. The minimum atomic E-state index is -4.19. The standard InChI is InChI=1S/C11H12BrF3OS/c1-8-3-2-4-9(7-12)10(8)16-5-6-17-11(13,14)15/h2-4H,5-7H2,1H3. The van der Waals surface area contributed by atoms with Gasteiger partial charge in [-0.15, -0.1) is 0 Å². The van der Waals surface area contributed by atoms with Gasteiger partial charge in [0, 0.05) is 16.6 Å². The molecular formula is C11H12BrF3OS. The molecule has 17 heavy (non-hydrogen) atoms. The fraction of sp³-hybridized carbons (Fsp3) is 0.455. The maximum Gasteiger partial charge on any atom is 0.441 e. The summed E-state index contributed by atoms with van der Waals surface area (Å²) < 4.78 is 41.1. The second kappa shape index (κ2) is 6.54. The number of rotatable bonds is 5. The quantitative estimate of drug-likeness (QED) is 0.580. The number of hydrogen-bond donors (Lipinski definition) is 0. The predicted molar refractivity (Wildman–Crippen MR) is 67.8 cm³/mol. The number of hydrogen-bond acceptors (Lipinski definition) is 2. The molecule has 1 rings (SSSR count). The summed E-state index contributed by atoms with van der Waals surface area (Å²) in [5.41, 5.74) is -2.31. The monoisotopic (exact) mass is 328 g/mol. The molecule has 0 radical (unpaired) electrons. The van der Waals surface area contributed by atoms with Crippen LogP contribution >= 0.6 is 27.7 Å². The van der Waals surface area contributed by atoms with Crippen molar-refractivity contribution in [2.24, 2.45) is 0 Å². The first-order chi connectivity index (χ1) is 7.94. The van der Waals surface area contributed by atoms with Gasteiger partial charge in [0.25, 0.3) is 0 Å². The summed E-state index contributed by atoms with van der Waals surface area (Å²) in [5.74, 6) is 0.576. The van der Waals surface area contributed by atoms with Crippen molar-refractivity contribution in [2.45, 2.75) is 17.8 Å². The number of para-hydroxylation sites is 1. The van der Waals surface area contributed by atoms with Crippen molar-refractivity contribution in [1.82, 2.24) is 0 Å². The van der Waals surface area contributed by atoms with E-state index in [4.69, 9.17) is 4.74 Å². The van der Waals surface area contributed by atoms with Crippen molar-refractivity contribution >= 4 is 27.7 Å². The molecule has 0 amide bonds. The van der Waals surface area contributed by atoms with Gasteiger partial charge in [0.05, 0.1) is 6.61 Å². The first-order valence-electron chi connectivity index (χ1n) is 4.92. The van der Waals surface area contributed by atoms with Crippen LogP contribution < -0.4 is 4.74 Å². The normalized spacial score (nSPS) is 11.6. The molecular weight excluding hydrogens is 317 g/mol. The molecule has 1 nitrogen and oxygen atoms in total. The molecule has 1 aromatic rings. The van der Waals surface area contributed by atoms with Crippen molar-refractivity contribution in [1.29, 1.82) is 0 Å². The molecule has 6 heteroatoms. The van der Waals surface area contributed by atoms with Crippen LogP contribution in [0.3, 0.4) is 0 Å². The zero-order valence-corrected chi connectivity index (χ0v) is 11.6. The minimum absolute atomic E-state index is 0.0506. The second-order valence-electron chi connectivity index (χ2n) is 3.34. The van der Waals surface area contributed by atoms with E-state index in [2.05, 4.69) is 15.9 Å². The SMILES string of the molecule is Cc1cccc(CBr)c1OCCSC(F)(F)F. The van der Waals surface area contributed by atoms with Gasteiger partial charge in [-0.05, 0) is 24.2 Å². The zero-order chi connectivity index (χ0) is 12.9. The average Bonchev–Trinajstić information content (AvgIpc) is 2.24. The molecule has 0 heterocycles. The van der Waals surface area contributed by atoms with Crippen LogP contribution in [0.2, 0.25) is 0 Å². The number of ether oxygens (including phenoxy) is 1. The third kappa shape index (κ3) is 5.21. The predicted octanol–water partition coefficient (Wildman–Crippen LogP) is 4.52. The van der Waals surface area contributed by atoms with Crippen LogP contribution in [0.25, 0.3) is 0 Å². The number of benzene rings is 1. The zero-order valence-electron chi connectivity index (χ0n) is 9.18. The lowest BCUT2D eigenvalue weighted by Gasteiger charge is -2.13. The van der Waals surface area contributed by atoms with Crippen LogP contribution in [0.4, 0.5) is 13.2 Å². The Balaban J connectivity index is 2.52. The van der Waals surface area contributed by atoms with Gasteiger partial charge in [0.2, 0.25) is 0 Å². The van der Waals surface area contributed by atoms with Crippen molar-refractivity contribution in [3.05, 3.63) is 29.3 Å². The molecule has 96 valence electrons. The molecule has 0 saturated carbocycles. The van der Waals surface area contributed by atoms with E-state index in [9.17, 15) is 13.2 Å². The molecule has 0 bridgehead atoms. The van der Waals surface area contributed by atoms with Gasteiger partial charge < -0.3 is 4.74 Å². The van der Waals surface area contributed by atoms with E-state index >= 15 is 0 Å². The van der Waals surface area contributed by atoms with E-state index in [1.807, 2.05) is 25.1 Å². The molecule has 0 aromatic heterocycles. The molecule has 0 atom stereocenters. The molecule has 0 unspecified atom stereocenters. The smallest absolute Gasteiger partial charge is 0.441 e. The Hall–Kier alpha value is -0.360. The Morgan fingerprint density at radius 2 is 2.06 bits per heavy atom. The van der Waals surface area contributed by atoms with E-state index < -0.39 is 5.51 Å². The van der Waals surface area contributed by atoms with Crippen molar-refractivity contribution in [3.63, 3.8) is 0 Å². The molecule has 0 N–H and O–H groups in total. The number of halogens is 4. The summed E-state index contributed by atoms with van der Waals surface area (Å²) in [6.07, 6.45) is 0. The van der Waals surface area contributed by atoms with Gasteiger partial charge >= 0.3 is 5.51 Å². The van der Waals surface area contributed by atoms with Crippen molar-refractivity contribution in [2.75, 3.05) is 12.4 Å².